The molecule has 1 aromatic carbocycles. The van der Waals surface area contributed by atoms with Crippen LogP contribution in [0.25, 0.3) is 0 Å². The predicted octanol–water partition coefficient (Wildman–Crippen LogP) is 4.70. The Labute approximate surface area is 185 Å². The van der Waals surface area contributed by atoms with Crippen LogP contribution in [0.5, 0.6) is 0 Å². The molecule has 0 saturated heterocycles. The molecule has 1 amide bonds. The third-order valence-electron chi connectivity index (χ3n) is 5.49. The van der Waals surface area contributed by atoms with Crippen molar-refractivity contribution >= 4 is 29.1 Å². The predicted molar refractivity (Wildman–Crippen MR) is 120 cm³/mol. The molecule has 2 aromatic rings. The summed E-state index contributed by atoms with van der Waals surface area (Å²) in [6, 6.07) is 11.7. The molecule has 1 unspecified atom stereocenters. The van der Waals surface area contributed by atoms with Crippen LogP contribution in [0.15, 0.2) is 62.9 Å². The lowest BCUT2D eigenvalue weighted by atomic mass is 9.79. The number of anilines is 1. The van der Waals surface area contributed by atoms with E-state index in [0.717, 1.165) is 35.4 Å². The standard InChI is InChI=1S/C24H23N3O3S/c1-14-8-9-17(15(2)11-14)26-21(29)13-31-24-16(12-25)22(20-7-4-10-30-20)23-18(27-24)5-3-6-19(23)28/h4,7-11,22,27H,3,5-6,13H2,1-2H3,(H,26,29). The number of nitrogens with one attached hydrogen (secondary N) is 2. The van der Waals surface area contributed by atoms with E-state index >= 15 is 0 Å². The molecule has 0 spiro atoms. The number of aryl methyl sites for hydroxylation is 2. The summed E-state index contributed by atoms with van der Waals surface area (Å²) in [5.41, 5.74) is 4.76. The van der Waals surface area contributed by atoms with Gasteiger partial charge in [0, 0.05) is 23.4 Å². The monoisotopic (exact) mass is 433 g/mol. The molecule has 31 heavy (non-hydrogen) atoms. The van der Waals surface area contributed by atoms with E-state index in [1.54, 1.807) is 18.4 Å². The Hall–Kier alpha value is -3.24. The lowest BCUT2D eigenvalue weighted by Gasteiger charge is -2.32. The van der Waals surface area contributed by atoms with Gasteiger partial charge in [-0.15, -0.1) is 0 Å². The molecule has 0 bridgehead atoms. The molecular formula is C24H23N3O3S. The summed E-state index contributed by atoms with van der Waals surface area (Å²) in [7, 11) is 0. The molecule has 2 N–H and O–H groups in total. The second-order valence-electron chi connectivity index (χ2n) is 7.75. The van der Waals surface area contributed by atoms with Crippen molar-refractivity contribution in [2.24, 2.45) is 0 Å². The lowest BCUT2D eigenvalue weighted by molar-refractivity contribution is -0.116. The second kappa shape index (κ2) is 8.86. The van der Waals surface area contributed by atoms with Crippen LogP contribution in [-0.2, 0) is 9.59 Å². The molecule has 0 saturated carbocycles. The molecule has 6 nitrogen and oxygen atoms in total. The molecule has 158 valence electrons. The first-order valence-electron chi connectivity index (χ1n) is 10.2. The molecule has 7 heteroatoms. The van der Waals surface area contributed by atoms with Crippen LogP contribution >= 0.6 is 11.8 Å². The number of furan rings is 1. The molecule has 2 aliphatic rings. The van der Waals surface area contributed by atoms with E-state index in [-0.39, 0.29) is 17.4 Å². The molecule has 1 atom stereocenters. The van der Waals surface area contributed by atoms with Gasteiger partial charge in [-0.25, -0.2) is 0 Å². The minimum Gasteiger partial charge on any atom is -0.468 e. The quantitative estimate of drug-likeness (QED) is 0.710. The number of Topliss-reactive ketones (excluding diaryl/α,β-unsaturated/α-hetero) is 1. The summed E-state index contributed by atoms with van der Waals surface area (Å²) in [5.74, 6) is 0.0622. The number of allylic oxidation sites excluding steroid dienone is 3. The second-order valence-corrected chi connectivity index (χ2v) is 8.74. The highest BCUT2D eigenvalue weighted by molar-refractivity contribution is 8.03. The number of benzene rings is 1. The number of ketones is 1. The smallest absolute Gasteiger partial charge is 0.234 e. The number of hydrogen-bond donors (Lipinski definition) is 2. The van der Waals surface area contributed by atoms with Crippen molar-refractivity contribution in [1.82, 2.24) is 5.32 Å². The number of nitrogens with zero attached hydrogens (tertiary/aromatic N) is 1. The third kappa shape index (κ3) is 4.30. The van der Waals surface area contributed by atoms with Crippen molar-refractivity contribution in [3.63, 3.8) is 0 Å². The van der Waals surface area contributed by atoms with Gasteiger partial charge in [-0.3, -0.25) is 9.59 Å². The Balaban J connectivity index is 1.57. The van der Waals surface area contributed by atoms with E-state index in [4.69, 9.17) is 4.42 Å². The highest BCUT2D eigenvalue weighted by Gasteiger charge is 2.38. The van der Waals surface area contributed by atoms with Gasteiger partial charge >= 0.3 is 0 Å². The first-order valence-corrected chi connectivity index (χ1v) is 11.2. The number of carbonyl (C=O) groups is 2. The number of nitriles is 1. The Bertz CT molecular complexity index is 1140. The fraction of sp³-hybridized carbons (Fsp3) is 0.292. The van der Waals surface area contributed by atoms with E-state index in [0.29, 0.717) is 28.4 Å². The van der Waals surface area contributed by atoms with Gasteiger partial charge in [-0.2, -0.15) is 5.26 Å². The lowest BCUT2D eigenvalue weighted by Crippen LogP contribution is -2.31. The average Bonchev–Trinajstić information content (AvgIpc) is 3.28. The Kier molecular flexibility index (Phi) is 6.01. The molecule has 1 aliphatic carbocycles. The maximum atomic E-state index is 12.7. The van der Waals surface area contributed by atoms with E-state index in [2.05, 4.69) is 16.7 Å². The van der Waals surface area contributed by atoms with E-state index < -0.39 is 5.92 Å². The molecule has 0 radical (unpaired) electrons. The summed E-state index contributed by atoms with van der Waals surface area (Å²) in [5, 5.41) is 16.7. The number of carbonyl (C=O) groups excluding carboxylic acids is 2. The van der Waals surface area contributed by atoms with Gasteiger partial charge in [-0.05, 0) is 50.5 Å². The van der Waals surface area contributed by atoms with Crippen molar-refractivity contribution in [1.29, 1.82) is 5.26 Å². The first kappa shape index (κ1) is 21.0. The first-order chi connectivity index (χ1) is 15.0. The number of hydrogen-bond acceptors (Lipinski definition) is 6. The SMILES string of the molecule is Cc1ccc(NC(=O)CSC2=C(C#N)C(c3ccco3)C3=C(CCCC3=O)N2)c(C)c1. The zero-order chi connectivity index (χ0) is 22.0. The summed E-state index contributed by atoms with van der Waals surface area (Å²) >= 11 is 1.27. The molecular weight excluding hydrogens is 410 g/mol. The maximum Gasteiger partial charge on any atom is 0.234 e. The maximum absolute atomic E-state index is 12.7. The molecule has 0 fully saturated rings. The van der Waals surface area contributed by atoms with Gasteiger partial charge in [0.25, 0.3) is 0 Å². The number of dihydropyridines is 1. The minimum atomic E-state index is -0.533. The zero-order valence-corrected chi connectivity index (χ0v) is 18.3. The van der Waals surface area contributed by atoms with Gasteiger partial charge in [-0.1, -0.05) is 29.5 Å². The minimum absolute atomic E-state index is 0.0412. The summed E-state index contributed by atoms with van der Waals surface area (Å²) < 4.78 is 5.59. The average molecular weight is 434 g/mol. The van der Waals surface area contributed by atoms with E-state index in [9.17, 15) is 14.9 Å². The molecule has 1 aromatic heterocycles. The largest absolute Gasteiger partial charge is 0.468 e. The van der Waals surface area contributed by atoms with E-state index in [1.165, 1.54) is 11.8 Å². The van der Waals surface area contributed by atoms with Crippen molar-refractivity contribution in [2.45, 2.75) is 39.0 Å². The van der Waals surface area contributed by atoms with Crippen LogP contribution < -0.4 is 10.6 Å². The fourth-order valence-electron chi connectivity index (χ4n) is 4.06. The van der Waals surface area contributed by atoms with Crippen molar-refractivity contribution in [3.8, 4) is 6.07 Å². The van der Waals surface area contributed by atoms with Gasteiger partial charge < -0.3 is 15.1 Å². The highest BCUT2D eigenvalue weighted by Crippen LogP contribution is 2.44. The molecule has 1 aliphatic heterocycles. The van der Waals surface area contributed by atoms with Gasteiger partial charge in [0.05, 0.1) is 34.6 Å². The number of amides is 1. The van der Waals surface area contributed by atoms with Crippen LogP contribution in [-0.4, -0.2) is 17.4 Å². The summed E-state index contributed by atoms with van der Waals surface area (Å²) in [6.07, 6.45) is 3.51. The van der Waals surface area contributed by atoms with E-state index in [1.807, 2.05) is 32.0 Å². The van der Waals surface area contributed by atoms with Crippen LogP contribution in [0.2, 0.25) is 0 Å². The van der Waals surface area contributed by atoms with Crippen LogP contribution in [0.3, 0.4) is 0 Å². The Morgan fingerprint density at radius 1 is 1.32 bits per heavy atom. The topological polar surface area (TPSA) is 95.1 Å². The molecule has 2 heterocycles. The number of rotatable bonds is 5. The van der Waals surface area contributed by atoms with Gasteiger partial charge in [0.2, 0.25) is 5.91 Å². The summed E-state index contributed by atoms with van der Waals surface area (Å²) in [4.78, 5) is 25.3. The van der Waals surface area contributed by atoms with Crippen molar-refractivity contribution in [2.75, 3.05) is 11.1 Å². The third-order valence-corrected chi connectivity index (χ3v) is 6.51. The summed E-state index contributed by atoms with van der Waals surface area (Å²) in [6.45, 7) is 3.96. The zero-order valence-electron chi connectivity index (χ0n) is 17.5. The van der Waals surface area contributed by atoms with Crippen LogP contribution in [0, 0.1) is 25.2 Å². The van der Waals surface area contributed by atoms with Crippen LogP contribution in [0.1, 0.15) is 42.1 Å². The van der Waals surface area contributed by atoms with Gasteiger partial charge in [0.15, 0.2) is 5.78 Å². The highest BCUT2D eigenvalue weighted by atomic mass is 32.2. The van der Waals surface area contributed by atoms with Crippen LogP contribution in [0.4, 0.5) is 5.69 Å². The number of thioether (sulfide) groups is 1. The Morgan fingerprint density at radius 3 is 2.87 bits per heavy atom. The normalized spacial score (nSPS) is 18.4. The van der Waals surface area contributed by atoms with Gasteiger partial charge in [0.1, 0.15) is 5.76 Å². The molecule has 4 rings (SSSR count). The Morgan fingerprint density at radius 2 is 2.16 bits per heavy atom. The van der Waals surface area contributed by atoms with Crippen molar-refractivity contribution < 1.29 is 14.0 Å². The van der Waals surface area contributed by atoms with Crippen molar-refractivity contribution in [3.05, 3.63) is 75.4 Å². The fourth-order valence-corrected chi connectivity index (χ4v) is 4.92.